The van der Waals surface area contributed by atoms with E-state index in [0.29, 0.717) is 36.2 Å². The van der Waals surface area contributed by atoms with Gasteiger partial charge in [0.15, 0.2) is 11.5 Å². The first-order valence-corrected chi connectivity index (χ1v) is 8.58. The molecule has 0 radical (unpaired) electrons. The summed E-state index contributed by atoms with van der Waals surface area (Å²) in [4.78, 5) is 0. The molecule has 0 saturated carbocycles. The van der Waals surface area contributed by atoms with Crippen molar-refractivity contribution in [1.29, 1.82) is 0 Å². The van der Waals surface area contributed by atoms with Crippen molar-refractivity contribution in [2.75, 3.05) is 13.2 Å². The van der Waals surface area contributed by atoms with Crippen molar-refractivity contribution in [3.05, 3.63) is 58.4 Å². The number of ether oxygens (including phenoxy) is 2. The summed E-state index contributed by atoms with van der Waals surface area (Å²) in [5, 5.41) is 13.0. The van der Waals surface area contributed by atoms with E-state index in [1.807, 2.05) is 13.0 Å². The molecule has 0 aliphatic heterocycles. The lowest BCUT2D eigenvalue weighted by Gasteiger charge is -2.15. The molecule has 1 atom stereocenters. The molecule has 0 saturated heterocycles. The molecule has 2 aromatic rings. The van der Waals surface area contributed by atoms with E-state index < -0.39 is 6.10 Å². The molecular formula is C19H23ClFNO3. The van der Waals surface area contributed by atoms with E-state index in [9.17, 15) is 9.50 Å². The molecule has 4 nitrogen and oxygen atoms in total. The number of aliphatic hydroxyl groups excluding tert-OH is 1. The van der Waals surface area contributed by atoms with Crippen LogP contribution in [0.5, 0.6) is 11.5 Å². The molecular weight excluding hydrogens is 345 g/mol. The third-order valence-corrected chi connectivity index (χ3v) is 3.83. The van der Waals surface area contributed by atoms with Crippen LogP contribution in [0.15, 0.2) is 36.4 Å². The first kappa shape index (κ1) is 19.5. The monoisotopic (exact) mass is 367 g/mol. The van der Waals surface area contributed by atoms with E-state index in [-0.39, 0.29) is 12.4 Å². The number of aliphatic hydroxyl groups is 1. The second-order valence-electron chi connectivity index (χ2n) is 5.72. The smallest absolute Gasteiger partial charge is 0.163 e. The van der Waals surface area contributed by atoms with Gasteiger partial charge in [0.05, 0.1) is 12.7 Å². The number of hydrogen-bond donors (Lipinski definition) is 2. The highest BCUT2D eigenvalue weighted by molar-refractivity contribution is 6.31. The van der Waals surface area contributed by atoms with E-state index >= 15 is 0 Å². The number of benzene rings is 2. The van der Waals surface area contributed by atoms with Crippen LogP contribution in [-0.4, -0.2) is 24.4 Å². The fraction of sp³-hybridized carbons (Fsp3) is 0.368. The van der Waals surface area contributed by atoms with Gasteiger partial charge in [-0.2, -0.15) is 0 Å². The van der Waals surface area contributed by atoms with Crippen LogP contribution >= 0.6 is 11.6 Å². The molecule has 0 aliphatic carbocycles. The van der Waals surface area contributed by atoms with Crippen molar-refractivity contribution in [3.8, 4) is 11.5 Å². The largest absolute Gasteiger partial charge is 0.490 e. The molecule has 0 fully saturated rings. The summed E-state index contributed by atoms with van der Waals surface area (Å²) in [7, 11) is 0. The normalized spacial score (nSPS) is 12.0. The third-order valence-electron chi connectivity index (χ3n) is 3.48. The molecule has 0 amide bonds. The Hall–Kier alpha value is -1.82. The summed E-state index contributed by atoms with van der Waals surface area (Å²) >= 11 is 6.33. The number of nitrogens with one attached hydrogen (secondary N) is 1. The predicted octanol–water partition coefficient (Wildman–Crippen LogP) is 3.93. The summed E-state index contributed by atoms with van der Waals surface area (Å²) < 4.78 is 24.4. The first-order chi connectivity index (χ1) is 12.0. The molecule has 1 unspecified atom stereocenters. The zero-order chi connectivity index (χ0) is 18.2. The standard InChI is InChI=1S/C19H23ClFNO3/c1-3-24-18-8-15(11-22-10-13(2)23)17(20)9-19(18)25-12-14-4-6-16(21)7-5-14/h4-9,13,22-23H,3,10-12H2,1-2H3. The van der Waals surface area contributed by atoms with Gasteiger partial charge in [0.2, 0.25) is 0 Å². The zero-order valence-corrected chi connectivity index (χ0v) is 15.1. The topological polar surface area (TPSA) is 50.7 Å². The molecule has 25 heavy (non-hydrogen) atoms. The van der Waals surface area contributed by atoms with Crippen LogP contribution in [0.25, 0.3) is 0 Å². The highest BCUT2D eigenvalue weighted by Crippen LogP contribution is 2.34. The Morgan fingerprint density at radius 1 is 1.16 bits per heavy atom. The van der Waals surface area contributed by atoms with Crippen LogP contribution in [0, 0.1) is 5.82 Å². The lowest BCUT2D eigenvalue weighted by atomic mass is 10.2. The molecule has 0 aromatic heterocycles. The minimum atomic E-state index is -0.427. The number of rotatable bonds is 9. The SMILES string of the molecule is CCOc1cc(CNCC(C)O)c(Cl)cc1OCc1ccc(F)cc1. The summed E-state index contributed by atoms with van der Waals surface area (Å²) in [6, 6.07) is 9.69. The quantitative estimate of drug-likeness (QED) is 0.705. The Morgan fingerprint density at radius 2 is 1.84 bits per heavy atom. The van der Waals surface area contributed by atoms with Crippen LogP contribution in [0.4, 0.5) is 4.39 Å². The molecule has 2 aromatic carbocycles. The average Bonchev–Trinajstić information content (AvgIpc) is 2.57. The van der Waals surface area contributed by atoms with Gasteiger partial charge >= 0.3 is 0 Å². The van der Waals surface area contributed by atoms with Crippen LogP contribution < -0.4 is 14.8 Å². The van der Waals surface area contributed by atoms with Gasteiger partial charge in [-0.1, -0.05) is 23.7 Å². The van der Waals surface area contributed by atoms with Gasteiger partial charge in [-0.15, -0.1) is 0 Å². The fourth-order valence-electron chi connectivity index (χ4n) is 2.25. The van der Waals surface area contributed by atoms with E-state index in [1.54, 1.807) is 25.1 Å². The highest BCUT2D eigenvalue weighted by atomic mass is 35.5. The van der Waals surface area contributed by atoms with Gasteiger partial charge in [0.1, 0.15) is 12.4 Å². The number of hydrogen-bond acceptors (Lipinski definition) is 4. The lowest BCUT2D eigenvalue weighted by Crippen LogP contribution is -2.24. The fourth-order valence-corrected chi connectivity index (χ4v) is 2.47. The number of halogens is 2. The van der Waals surface area contributed by atoms with Crippen molar-refractivity contribution < 1.29 is 19.0 Å². The van der Waals surface area contributed by atoms with Crippen molar-refractivity contribution >= 4 is 11.6 Å². The van der Waals surface area contributed by atoms with Gasteiger partial charge in [-0.25, -0.2) is 4.39 Å². The van der Waals surface area contributed by atoms with Gasteiger partial charge in [0, 0.05) is 24.2 Å². The van der Waals surface area contributed by atoms with Crippen LogP contribution in [0.1, 0.15) is 25.0 Å². The molecule has 2 rings (SSSR count). The summed E-state index contributed by atoms with van der Waals surface area (Å²) in [5.41, 5.74) is 1.71. The summed E-state index contributed by atoms with van der Waals surface area (Å²) in [5.74, 6) is 0.856. The molecule has 0 spiro atoms. The highest BCUT2D eigenvalue weighted by Gasteiger charge is 2.12. The van der Waals surface area contributed by atoms with Gasteiger partial charge < -0.3 is 19.9 Å². The second kappa shape index (κ2) is 9.61. The van der Waals surface area contributed by atoms with Crippen molar-refractivity contribution in [2.24, 2.45) is 0 Å². The molecule has 2 N–H and O–H groups in total. The van der Waals surface area contributed by atoms with Gasteiger partial charge in [-0.05, 0) is 43.2 Å². The van der Waals surface area contributed by atoms with E-state index in [2.05, 4.69) is 5.32 Å². The molecule has 0 bridgehead atoms. The molecule has 0 heterocycles. The minimum Gasteiger partial charge on any atom is -0.490 e. The maximum Gasteiger partial charge on any atom is 0.163 e. The Labute approximate surface area is 152 Å². The van der Waals surface area contributed by atoms with Crippen molar-refractivity contribution in [3.63, 3.8) is 0 Å². The molecule has 6 heteroatoms. The van der Waals surface area contributed by atoms with Crippen LogP contribution in [0.3, 0.4) is 0 Å². The third kappa shape index (κ3) is 6.20. The average molecular weight is 368 g/mol. The van der Waals surface area contributed by atoms with Crippen LogP contribution in [-0.2, 0) is 13.2 Å². The Kier molecular flexibility index (Phi) is 7.50. The van der Waals surface area contributed by atoms with Crippen molar-refractivity contribution in [1.82, 2.24) is 5.32 Å². The Balaban J connectivity index is 2.10. The summed E-state index contributed by atoms with van der Waals surface area (Å²) in [6.07, 6.45) is -0.427. The predicted molar refractivity (Wildman–Crippen MR) is 96.7 cm³/mol. The molecule has 136 valence electrons. The Bertz CT molecular complexity index is 677. The minimum absolute atomic E-state index is 0.282. The maximum absolute atomic E-state index is 13.0. The van der Waals surface area contributed by atoms with Gasteiger partial charge in [0.25, 0.3) is 0 Å². The van der Waals surface area contributed by atoms with E-state index in [0.717, 1.165) is 11.1 Å². The van der Waals surface area contributed by atoms with E-state index in [1.165, 1.54) is 12.1 Å². The molecule has 0 aliphatic rings. The summed E-state index contributed by atoms with van der Waals surface area (Å²) in [6.45, 7) is 5.38. The van der Waals surface area contributed by atoms with Crippen molar-refractivity contribution in [2.45, 2.75) is 33.1 Å². The zero-order valence-electron chi connectivity index (χ0n) is 14.4. The maximum atomic E-state index is 13.0. The van der Waals surface area contributed by atoms with Crippen LogP contribution in [0.2, 0.25) is 5.02 Å². The second-order valence-corrected chi connectivity index (χ2v) is 6.13. The first-order valence-electron chi connectivity index (χ1n) is 8.20. The van der Waals surface area contributed by atoms with Gasteiger partial charge in [-0.3, -0.25) is 0 Å². The Morgan fingerprint density at radius 3 is 2.48 bits per heavy atom. The lowest BCUT2D eigenvalue weighted by molar-refractivity contribution is 0.191. The van der Waals surface area contributed by atoms with E-state index in [4.69, 9.17) is 21.1 Å².